The lowest BCUT2D eigenvalue weighted by Gasteiger charge is -2.22. The van der Waals surface area contributed by atoms with Crippen molar-refractivity contribution >= 4 is 11.6 Å². The van der Waals surface area contributed by atoms with E-state index in [1.54, 1.807) is 11.8 Å². The van der Waals surface area contributed by atoms with Crippen molar-refractivity contribution in [3.63, 3.8) is 0 Å². The first-order chi connectivity index (χ1) is 10.8. The first kappa shape index (κ1) is 14.1. The summed E-state index contributed by atoms with van der Waals surface area (Å²) in [5.41, 5.74) is 2.48. The largest absolute Gasteiger partial charge is 0.438 e. The Morgan fingerprint density at radius 3 is 2.27 bits per heavy atom. The molecule has 0 spiro atoms. The number of anilines is 1. The molecule has 4 heteroatoms. The summed E-state index contributed by atoms with van der Waals surface area (Å²) in [5, 5.41) is 0. The maximum absolute atomic E-state index is 12.8. The van der Waals surface area contributed by atoms with Gasteiger partial charge in [0.05, 0.1) is 12.2 Å². The van der Waals surface area contributed by atoms with Crippen LogP contribution in [0.1, 0.15) is 21.8 Å². The second kappa shape index (κ2) is 6.26. The van der Waals surface area contributed by atoms with Gasteiger partial charge in [-0.05, 0) is 24.6 Å². The van der Waals surface area contributed by atoms with Gasteiger partial charge in [-0.15, -0.1) is 0 Å². The highest BCUT2D eigenvalue weighted by atomic mass is 16.3. The predicted octanol–water partition coefficient (Wildman–Crippen LogP) is 3.83. The van der Waals surface area contributed by atoms with E-state index in [0.717, 1.165) is 11.3 Å². The molecule has 0 radical (unpaired) electrons. The van der Waals surface area contributed by atoms with E-state index < -0.39 is 0 Å². The number of amides is 1. The Balaban J connectivity index is 1.96. The Morgan fingerprint density at radius 2 is 1.68 bits per heavy atom. The molecule has 0 atom stereocenters. The first-order valence-electron chi connectivity index (χ1n) is 7.06. The van der Waals surface area contributed by atoms with Crippen LogP contribution in [0, 0.1) is 6.92 Å². The number of nitrogens with zero attached hydrogens (tertiary/aromatic N) is 2. The Hall–Kier alpha value is -2.88. The maximum atomic E-state index is 12.8. The van der Waals surface area contributed by atoms with Gasteiger partial charge >= 0.3 is 0 Å². The number of carbonyl (C=O) groups is 1. The lowest BCUT2D eigenvalue weighted by atomic mass is 10.2. The van der Waals surface area contributed by atoms with Crippen LogP contribution in [0.15, 0.2) is 71.5 Å². The molecule has 3 aromatic rings. The average Bonchev–Trinajstić information content (AvgIpc) is 3.00. The molecule has 0 aliphatic heterocycles. The van der Waals surface area contributed by atoms with Crippen molar-refractivity contribution < 1.29 is 9.21 Å². The number of para-hydroxylation sites is 1. The molecule has 0 aliphatic carbocycles. The topological polar surface area (TPSA) is 46.3 Å². The molecule has 0 N–H and O–H groups in total. The highest BCUT2D eigenvalue weighted by Gasteiger charge is 2.23. The van der Waals surface area contributed by atoms with Crippen molar-refractivity contribution in [2.24, 2.45) is 0 Å². The second-order valence-corrected chi connectivity index (χ2v) is 4.98. The highest BCUT2D eigenvalue weighted by Crippen LogP contribution is 2.21. The summed E-state index contributed by atoms with van der Waals surface area (Å²) in [7, 11) is 0. The van der Waals surface area contributed by atoms with Crippen LogP contribution >= 0.6 is 0 Å². The average molecular weight is 292 g/mol. The number of oxazole rings is 1. The van der Waals surface area contributed by atoms with Crippen LogP contribution in [-0.4, -0.2) is 10.9 Å². The van der Waals surface area contributed by atoms with Gasteiger partial charge in [0.2, 0.25) is 5.76 Å². The summed E-state index contributed by atoms with van der Waals surface area (Å²) >= 11 is 0. The highest BCUT2D eigenvalue weighted by molar-refractivity contribution is 6.04. The van der Waals surface area contributed by atoms with E-state index in [1.165, 1.54) is 6.39 Å². The van der Waals surface area contributed by atoms with E-state index in [2.05, 4.69) is 4.98 Å². The minimum absolute atomic E-state index is 0.190. The fraction of sp³-hybridized carbons (Fsp3) is 0.111. The Bertz CT molecular complexity index is 751. The molecule has 4 nitrogen and oxygen atoms in total. The fourth-order valence-corrected chi connectivity index (χ4v) is 2.28. The first-order valence-corrected chi connectivity index (χ1v) is 7.06. The van der Waals surface area contributed by atoms with Crippen LogP contribution in [0.2, 0.25) is 0 Å². The number of rotatable bonds is 4. The third-order valence-corrected chi connectivity index (χ3v) is 3.44. The Kier molecular flexibility index (Phi) is 4.01. The van der Waals surface area contributed by atoms with Gasteiger partial charge in [-0.2, -0.15) is 0 Å². The van der Waals surface area contributed by atoms with Crippen LogP contribution in [0.3, 0.4) is 0 Å². The molecule has 0 aliphatic rings. The number of aryl methyl sites for hydroxylation is 1. The van der Waals surface area contributed by atoms with Gasteiger partial charge in [0.1, 0.15) is 0 Å². The van der Waals surface area contributed by atoms with Crippen LogP contribution in [-0.2, 0) is 6.54 Å². The number of hydrogen-bond acceptors (Lipinski definition) is 3. The molecule has 1 heterocycles. The van der Waals surface area contributed by atoms with Crippen molar-refractivity contribution in [3.8, 4) is 0 Å². The molecular weight excluding hydrogens is 276 g/mol. The number of hydrogen-bond donors (Lipinski definition) is 0. The minimum Gasteiger partial charge on any atom is -0.438 e. The molecule has 0 saturated heterocycles. The molecule has 0 unspecified atom stereocenters. The van der Waals surface area contributed by atoms with Crippen molar-refractivity contribution in [1.29, 1.82) is 0 Å². The number of benzene rings is 2. The molecule has 1 aromatic heterocycles. The standard InChI is InChI=1S/C18H16N2O2/c1-14-17(22-13-19-14)18(21)20(16-10-6-3-7-11-16)12-15-8-4-2-5-9-15/h2-11,13H,12H2,1H3. The van der Waals surface area contributed by atoms with Crippen molar-refractivity contribution in [2.75, 3.05) is 4.90 Å². The SMILES string of the molecule is Cc1ncoc1C(=O)N(Cc1ccccc1)c1ccccc1. The van der Waals surface area contributed by atoms with Crippen LogP contribution in [0.4, 0.5) is 5.69 Å². The molecule has 3 rings (SSSR count). The van der Waals surface area contributed by atoms with Gasteiger partial charge in [-0.25, -0.2) is 4.98 Å². The van der Waals surface area contributed by atoms with Gasteiger partial charge in [0.25, 0.3) is 5.91 Å². The lowest BCUT2D eigenvalue weighted by molar-refractivity contribution is 0.0957. The molecule has 0 saturated carbocycles. The zero-order chi connectivity index (χ0) is 15.4. The van der Waals surface area contributed by atoms with E-state index in [0.29, 0.717) is 12.2 Å². The summed E-state index contributed by atoms with van der Waals surface area (Å²) in [4.78, 5) is 18.5. The normalized spacial score (nSPS) is 10.4. The summed E-state index contributed by atoms with van der Waals surface area (Å²) in [6, 6.07) is 19.4. The Morgan fingerprint density at radius 1 is 1.05 bits per heavy atom. The van der Waals surface area contributed by atoms with Gasteiger partial charge in [0.15, 0.2) is 6.39 Å². The van der Waals surface area contributed by atoms with E-state index >= 15 is 0 Å². The number of aromatic nitrogens is 1. The van der Waals surface area contributed by atoms with Gasteiger partial charge < -0.3 is 9.32 Å². The van der Waals surface area contributed by atoms with E-state index in [-0.39, 0.29) is 11.7 Å². The minimum atomic E-state index is -0.190. The molecule has 110 valence electrons. The van der Waals surface area contributed by atoms with Crippen molar-refractivity contribution in [2.45, 2.75) is 13.5 Å². The predicted molar refractivity (Wildman–Crippen MR) is 84.6 cm³/mol. The molecule has 0 fully saturated rings. The summed E-state index contributed by atoms with van der Waals surface area (Å²) in [6.07, 6.45) is 1.30. The molecule has 1 amide bonds. The van der Waals surface area contributed by atoms with Gasteiger partial charge in [-0.3, -0.25) is 4.79 Å². The zero-order valence-corrected chi connectivity index (χ0v) is 12.3. The summed E-state index contributed by atoms with van der Waals surface area (Å²) in [5.74, 6) is 0.0878. The van der Waals surface area contributed by atoms with Gasteiger partial charge in [-0.1, -0.05) is 48.5 Å². The van der Waals surface area contributed by atoms with Crippen LogP contribution in [0.25, 0.3) is 0 Å². The third kappa shape index (κ3) is 2.91. The van der Waals surface area contributed by atoms with Crippen molar-refractivity contribution in [3.05, 3.63) is 84.1 Å². The third-order valence-electron chi connectivity index (χ3n) is 3.44. The maximum Gasteiger partial charge on any atom is 0.296 e. The quantitative estimate of drug-likeness (QED) is 0.734. The molecular formula is C18H16N2O2. The van der Waals surface area contributed by atoms with Crippen molar-refractivity contribution in [1.82, 2.24) is 4.98 Å². The summed E-state index contributed by atoms with van der Waals surface area (Å²) in [6.45, 7) is 2.24. The zero-order valence-electron chi connectivity index (χ0n) is 12.3. The molecule has 0 bridgehead atoms. The molecule has 2 aromatic carbocycles. The smallest absolute Gasteiger partial charge is 0.296 e. The van der Waals surface area contributed by atoms with Crippen LogP contribution < -0.4 is 4.90 Å². The lowest BCUT2D eigenvalue weighted by Crippen LogP contribution is -2.30. The van der Waals surface area contributed by atoms with E-state index in [4.69, 9.17) is 4.42 Å². The fourth-order valence-electron chi connectivity index (χ4n) is 2.28. The molecule has 22 heavy (non-hydrogen) atoms. The van der Waals surface area contributed by atoms with E-state index in [1.807, 2.05) is 60.7 Å². The Labute approximate surface area is 129 Å². The monoisotopic (exact) mass is 292 g/mol. The van der Waals surface area contributed by atoms with Gasteiger partial charge in [0, 0.05) is 5.69 Å². The van der Waals surface area contributed by atoms with Crippen LogP contribution in [0.5, 0.6) is 0 Å². The second-order valence-electron chi connectivity index (χ2n) is 4.98. The summed E-state index contributed by atoms with van der Waals surface area (Å²) < 4.78 is 5.26. The number of carbonyl (C=O) groups excluding carboxylic acids is 1. The van der Waals surface area contributed by atoms with E-state index in [9.17, 15) is 4.79 Å².